The molecule has 0 saturated carbocycles. The third-order valence-corrected chi connectivity index (χ3v) is 3.88. The van der Waals surface area contributed by atoms with E-state index in [0.29, 0.717) is 11.5 Å². The van der Waals surface area contributed by atoms with Crippen LogP contribution in [0.2, 0.25) is 0 Å². The fourth-order valence-electron chi connectivity index (χ4n) is 1.72. The molecule has 0 saturated heterocycles. The molecular weight excluding hydrogens is 286 g/mol. The quantitative estimate of drug-likeness (QED) is 0.857. The number of nitrogens with one attached hydrogen (secondary N) is 2. The Morgan fingerprint density at radius 2 is 2.19 bits per heavy atom. The first kappa shape index (κ1) is 15.4. The maximum absolute atomic E-state index is 12.2. The SMILES string of the molecule is CCCNc1cncc(C(=O)NC(C)c2ncc(C)s2)n1. The number of hydrogen-bond donors (Lipinski definition) is 2. The largest absolute Gasteiger partial charge is 0.369 e. The molecule has 0 fully saturated rings. The molecule has 1 amide bonds. The minimum absolute atomic E-state index is 0.148. The topological polar surface area (TPSA) is 79.8 Å². The molecule has 2 aromatic rings. The molecule has 6 nitrogen and oxygen atoms in total. The summed E-state index contributed by atoms with van der Waals surface area (Å²) < 4.78 is 0. The van der Waals surface area contributed by atoms with Crippen molar-refractivity contribution in [3.63, 3.8) is 0 Å². The van der Waals surface area contributed by atoms with Crippen molar-refractivity contribution in [3.8, 4) is 0 Å². The number of aryl methyl sites for hydroxylation is 1. The monoisotopic (exact) mass is 305 g/mol. The molecule has 1 unspecified atom stereocenters. The van der Waals surface area contributed by atoms with Crippen molar-refractivity contribution in [1.29, 1.82) is 0 Å². The number of nitrogens with zero attached hydrogens (tertiary/aromatic N) is 3. The Kier molecular flexibility index (Phi) is 5.21. The van der Waals surface area contributed by atoms with Crippen LogP contribution in [0.4, 0.5) is 5.82 Å². The Bertz CT molecular complexity index is 613. The normalized spacial score (nSPS) is 12.0. The molecule has 0 aliphatic carbocycles. The summed E-state index contributed by atoms with van der Waals surface area (Å²) in [4.78, 5) is 25.9. The summed E-state index contributed by atoms with van der Waals surface area (Å²) in [6, 6.07) is -0.148. The maximum atomic E-state index is 12.2. The Balaban J connectivity index is 2.02. The van der Waals surface area contributed by atoms with Gasteiger partial charge in [-0.05, 0) is 20.3 Å². The van der Waals surface area contributed by atoms with Crippen LogP contribution in [0.3, 0.4) is 0 Å². The van der Waals surface area contributed by atoms with E-state index in [-0.39, 0.29) is 11.9 Å². The zero-order chi connectivity index (χ0) is 15.2. The summed E-state index contributed by atoms with van der Waals surface area (Å²) in [6.07, 6.45) is 5.86. The van der Waals surface area contributed by atoms with Gasteiger partial charge in [0, 0.05) is 17.6 Å². The molecule has 2 rings (SSSR count). The lowest BCUT2D eigenvalue weighted by atomic mass is 10.3. The fraction of sp³-hybridized carbons (Fsp3) is 0.429. The second-order valence-electron chi connectivity index (χ2n) is 4.72. The highest BCUT2D eigenvalue weighted by Crippen LogP contribution is 2.19. The van der Waals surface area contributed by atoms with Crippen molar-refractivity contribution in [2.24, 2.45) is 0 Å². The van der Waals surface area contributed by atoms with Crippen LogP contribution < -0.4 is 10.6 Å². The molecule has 2 aromatic heterocycles. The molecule has 7 heteroatoms. The molecule has 0 aliphatic heterocycles. The van der Waals surface area contributed by atoms with Gasteiger partial charge >= 0.3 is 0 Å². The number of hydrogen-bond acceptors (Lipinski definition) is 6. The van der Waals surface area contributed by atoms with Crippen molar-refractivity contribution in [3.05, 3.63) is 34.2 Å². The highest BCUT2D eigenvalue weighted by molar-refractivity contribution is 7.11. The van der Waals surface area contributed by atoms with Crippen molar-refractivity contribution >= 4 is 23.1 Å². The minimum Gasteiger partial charge on any atom is -0.369 e. The number of carbonyl (C=O) groups is 1. The molecule has 112 valence electrons. The highest BCUT2D eigenvalue weighted by Gasteiger charge is 2.15. The van der Waals surface area contributed by atoms with Crippen LogP contribution in [-0.2, 0) is 0 Å². The summed E-state index contributed by atoms with van der Waals surface area (Å²) in [7, 11) is 0. The molecule has 2 heterocycles. The standard InChI is InChI=1S/C14H19N5OS/c1-4-5-16-12-8-15-7-11(19-12)13(20)18-10(3)14-17-6-9(2)21-14/h6-8,10H,4-5H2,1-3H3,(H,16,19)(H,18,20). The zero-order valence-electron chi connectivity index (χ0n) is 12.4. The van der Waals surface area contributed by atoms with E-state index in [9.17, 15) is 4.79 Å². The third kappa shape index (κ3) is 4.22. The molecule has 0 aromatic carbocycles. The third-order valence-electron chi connectivity index (χ3n) is 2.78. The number of carbonyl (C=O) groups excluding carboxylic acids is 1. The molecule has 21 heavy (non-hydrogen) atoms. The van der Waals surface area contributed by atoms with Gasteiger partial charge < -0.3 is 10.6 Å². The predicted octanol–water partition coefficient (Wildman–Crippen LogP) is 2.55. The van der Waals surface area contributed by atoms with E-state index in [4.69, 9.17) is 0 Å². The Morgan fingerprint density at radius 3 is 2.86 bits per heavy atom. The van der Waals surface area contributed by atoms with Gasteiger partial charge in [-0.2, -0.15) is 0 Å². The van der Waals surface area contributed by atoms with E-state index in [1.54, 1.807) is 23.7 Å². The number of thiazole rings is 1. The van der Waals surface area contributed by atoms with Gasteiger partial charge in [0.15, 0.2) is 0 Å². The van der Waals surface area contributed by atoms with Crippen LogP contribution in [0.15, 0.2) is 18.6 Å². The summed E-state index contributed by atoms with van der Waals surface area (Å²) in [5.41, 5.74) is 0.302. The summed E-state index contributed by atoms with van der Waals surface area (Å²) >= 11 is 1.57. The Hall–Kier alpha value is -2.02. The van der Waals surface area contributed by atoms with Gasteiger partial charge in [0.05, 0.1) is 18.4 Å². The lowest BCUT2D eigenvalue weighted by Crippen LogP contribution is -2.27. The van der Waals surface area contributed by atoms with Crippen molar-refractivity contribution in [1.82, 2.24) is 20.3 Å². The number of aromatic nitrogens is 3. The first-order chi connectivity index (χ1) is 10.1. The number of anilines is 1. The van der Waals surface area contributed by atoms with E-state index in [1.807, 2.05) is 13.8 Å². The van der Waals surface area contributed by atoms with Crippen molar-refractivity contribution in [2.75, 3.05) is 11.9 Å². The van der Waals surface area contributed by atoms with Crippen molar-refractivity contribution in [2.45, 2.75) is 33.2 Å². The van der Waals surface area contributed by atoms with Crippen LogP contribution in [0.1, 0.15) is 46.7 Å². The lowest BCUT2D eigenvalue weighted by Gasteiger charge is -2.11. The Morgan fingerprint density at radius 1 is 1.38 bits per heavy atom. The van der Waals surface area contributed by atoms with E-state index in [0.717, 1.165) is 22.9 Å². The van der Waals surface area contributed by atoms with Gasteiger partial charge in [-0.3, -0.25) is 9.78 Å². The summed E-state index contributed by atoms with van der Waals surface area (Å²) in [5, 5.41) is 6.89. The van der Waals surface area contributed by atoms with E-state index in [2.05, 4.69) is 32.5 Å². The van der Waals surface area contributed by atoms with Crippen molar-refractivity contribution < 1.29 is 4.79 Å². The predicted molar refractivity (Wildman–Crippen MR) is 83.5 cm³/mol. The Labute approximate surface area is 128 Å². The highest BCUT2D eigenvalue weighted by atomic mass is 32.1. The molecule has 0 bridgehead atoms. The summed E-state index contributed by atoms with van der Waals surface area (Å²) in [5.74, 6) is 0.366. The molecule has 0 aliphatic rings. The molecule has 0 radical (unpaired) electrons. The van der Waals surface area contributed by atoms with Crippen LogP contribution in [0, 0.1) is 6.92 Å². The zero-order valence-corrected chi connectivity index (χ0v) is 13.2. The van der Waals surface area contributed by atoms with Crippen LogP contribution >= 0.6 is 11.3 Å². The average molecular weight is 305 g/mol. The molecular formula is C14H19N5OS. The van der Waals surface area contributed by atoms with Crippen LogP contribution in [0.5, 0.6) is 0 Å². The minimum atomic E-state index is -0.247. The van der Waals surface area contributed by atoms with E-state index in [1.165, 1.54) is 6.20 Å². The van der Waals surface area contributed by atoms with Gasteiger partial charge in [-0.1, -0.05) is 6.92 Å². The first-order valence-electron chi connectivity index (χ1n) is 6.89. The smallest absolute Gasteiger partial charge is 0.272 e. The average Bonchev–Trinajstić information content (AvgIpc) is 2.92. The molecule has 0 spiro atoms. The van der Waals surface area contributed by atoms with Gasteiger partial charge in [-0.15, -0.1) is 11.3 Å². The van der Waals surface area contributed by atoms with Gasteiger partial charge in [0.2, 0.25) is 0 Å². The maximum Gasteiger partial charge on any atom is 0.272 e. The van der Waals surface area contributed by atoms with Crippen LogP contribution in [-0.4, -0.2) is 27.4 Å². The van der Waals surface area contributed by atoms with E-state index >= 15 is 0 Å². The van der Waals surface area contributed by atoms with Gasteiger partial charge in [-0.25, -0.2) is 9.97 Å². The van der Waals surface area contributed by atoms with Gasteiger partial charge in [0.1, 0.15) is 16.5 Å². The number of amides is 1. The summed E-state index contributed by atoms with van der Waals surface area (Å²) in [6.45, 7) is 6.76. The second-order valence-corrected chi connectivity index (χ2v) is 5.99. The second kappa shape index (κ2) is 7.12. The molecule has 2 N–H and O–H groups in total. The fourth-order valence-corrected chi connectivity index (χ4v) is 2.49. The lowest BCUT2D eigenvalue weighted by molar-refractivity contribution is 0.0934. The van der Waals surface area contributed by atoms with E-state index < -0.39 is 0 Å². The van der Waals surface area contributed by atoms with Crippen LogP contribution in [0.25, 0.3) is 0 Å². The number of rotatable bonds is 6. The molecule has 1 atom stereocenters. The van der Waals surface area contributed by atoms with Gasteiger partial charge in [0.25, 0.3) is 5.91 Å². The first-order valence-corrected chi connectivity index (χ1v) is 7.71.